The average Bonchev–Trinajstić information content (AvgIpc) is 2.51. The SMILES string of the molecule is O=C1C[C@@H](C(=O)N2CCc3ccccc3[C@@H]2C(=O)O)NC(=O)N1. The lowest BCUT2D eigenvalue weighted by molar-refractivity contribution is -0.152. The van der Waals surface area contributed by atoms with Gasteiger partial charge in [0.2, 0.25) is 11.8 Å². The number of aliphatic carboxylic acids is 1. The highest BCUT2D eigenvalue weighted by atomic mass is 16.4. The molecule has 0 saturated carbocycles. The van der Waals surface area contributed by atoms with E-state index in [9.17, 15) is 24.3 Å². The molecule has 1 aromatic carbocycles. The largest absolute Gasteiger partial charge is 0.479 e. The van der Waals surface area contributed by atoms with Gasteiger partial charge in [0, 0.05) is 6.54 Å². The first kappa shape index (κ1) is 15.0. The van der Waals surface area contributed by atoms with E-state index in [1.54, 1.807) is 12.1 Å². The van der Waals surface area contributed by atoms with Crippen molar-refractivity contribution in [3.05, 3.63) is 35.4 Å². The minimum Gasteiger partial charge on any atom is -0.479 e. The van der Waals surface area contributed by atoms with Gasteiger partial charge in [-0.15, -0.1) is 0 Å². The van der Waals surface area contributed by atoms with Gasteiger partial charge in [-0.2, -0.15) is 0 Å². The molecule has 4 amide bonds. The van der Waals surface area contributed by atoms with Crippen molar-refractivity contribution in [2.24, 2.45) is 0 Å². The summed E-state index contributed by atoms with van der Waals surface area (Å²) in [6, 6.07) is 4.16. The zero-order valence-corrected chi connectivity index (χ0v) is 12.1. The number of carboxylic acid groups (broad SMARTS) is 1. The summed E-state index contributed by atoms with van der Waals surface area (Å²) in [5, 5.41) is 14.0. The molecule has 0 spiro atoms. The first-order valence-corrected chi connectivity index (χ1v) is 7.19. The molecule has 2 atom stereocenters. The quantitative estimate of drug-likeness (QED) is 0.698. The third kappa shape index (κ3) is 2.75. The van der Waals surface area contributed by atoms with Crippen LogP contribution in [0, 0.1) is 0 Å². The lowest BCUT2D eigenvalue weighted by atomic mass is 9.91. The molecule has 2 aliphatic rings. The zero-order chi connectivity index (χ0) is 16.6. The summed E-state index contributed by atoms with van der Waals surface area (Å²) >= 11 is 0. The van der Waals surface area contributed by atoms with Crippen LogP contribution < -0.4 is 10.6 Å². The van der Waals surface area contributed by atoms with Crippen LogP contribution >= 0.6 is 0 Å². The highest BCUT2D eigenvalue weighted by Crippen LogP contribution is 2.30. The highest BCUT2D eigenvalue weighted by molar-refractivity contribution is 6.03. The van der Waals surface area contributed by atoms with Gasteiger partial charge in [0.25, 0.3) is 0 Å². The summed E-state index contributed by atoms with van der Waals surface area (Å²) in [5.74, 6) is -2.26. The molecule has 1 fully saturated rings. The standard InChI is InChI=1S/C15H15N3O5/c19-11-7-10(16-15(23)17-11)13(20)18-6-5-8-3-1-2-4-9(8)12(18)14(21)22/h1-4,10,12H,5-7H2,(H,21,22)(H2,16,17,19,23)/t10-,12+/m0/s1. The summed E-state index contributed by atoms with van der Waals surface area (Å²) < 4.78 is 0. The molecule has 0 aromatic heterocycles. The monoisotopic (exact) mass is 317 g/mol. The Kier molecular flexibility index (Phi) is 3.73. The molecular weight excluding hydrogens is 302 g/mol. The van der Waals surface area contributed by atoms with Gasteiger partial charge in [-0.1, -0.05) is 24.3 Å². The number of nitrogens with one attached hydrogen (secondary N) is 2. The van der Waals surface area contributed by atoms with Crippen molar-refractivity contribution < 1.29 is 24.3 Å². The Hall–Kier alpha value is -2.90. The van der Waals surface area contributed by atoms with E-state index >= 15 is 0 Å². The van der Waals surface area contributed by atoms with Gasteiger partial charge in [-0.3, -0.25) is 14.9 Å². The molecular formula is C15H15N3O5. The molecule has 0 unspecified atom stereocenters. The van der Waals surface area contributed by atoms with E-state index in [-0.39, 0.29) is 13.0 Å². The Morgan fingerprint density at radius 2 is 1.96 bits per heavy atom. The Labute approximate surface area is 131 Å². The number of benzene rings is 1. The maximum atomic E-state index is 12.6. The van der Waals surface area contributed by atoms with Gasteiger partial charge in [0.05, 0.1) is 6.42 Å². The Morgan fingerprint density at radius 3 is 2.65 bits per heavy atom. The Morgan fingerprint density at radius 1 is 1.22 bits per heavy atom. The summed E-state index contributed by atoms with van der Waals surface area (Å²) in [4.78, 5) is 48.3. The summed E-state index contributed by atoms with van der Waals surface area (Å²) in [6.45, 7) is 0.223. The molecule has 8 heteroatoms. The van der Waals surface area contributed by atoms with E-state index in [0.717, 1.165) is 5.56 Å². The van der Waals surface area contributed by atoms with E-state index in [0.29, 0.717) is 12.0 Å². The molecule has 1 saturated heterocycles. The van der Waals surface area contributed by atoms with Crippen molar-refractivity contribution in [2.75, 3.05) is 6.54 Å². The van der Waals surface area contributed by atoms with Gasteiger partial charge in [-0.25, -0.2) is 9.59 Å². The van der Waals surface area contributed by atoms with Crippen LogP contribution in [-0.2, 0) is 20.8 Å². The summed E-state index contributed by atoms with van der Waals surface area (Å²) in [7, 11) is 0. The summed E-state index contributed by atoms with van der Waals surface area (Å²) in [6.07, 6.45) is 0.327. The molecule has 23 heavy (non-hydrogen) atoms. The number of fused-ring (bicyclic) bond motifs is 1. The number of rotatable bonds is 2. The topological polar surface area (TPSA) is 116 Å². The number of nitrogens with zero attached hydrogens (tertiary/aromatic N) is 1. The third-order valence-electron chi connectivity index (χ3n) is 4.05. The number of carbonyl (C=O) groups is 4. The van der Waals surface area contributed by atoms with Crippen molar-refractivity contribution in [3.8, 4) is 0 Å². The number of carboxylic acids is 1. The second kappa shape index (κ2) is 5.71. The van der Waals surface area contributed by atoms with Crippen molar-refractivity contribution >= 4 is 23.8 Å². The van der Waals surface area contributed by atoms with Gasteiger partial charge in [0.15, 0.2) is 6.04 Å². The van der Waals surface area contributed by atoms with Crippen molar-refractivity contribution in [3.63, 3.8) is 0 Å². The Balaban J connectivity index is 1.90. The molecule has 0 bridgehead atoms. The van der Waals surface area contributed by atoms with Gasteiger partial charge < -0.3 is 15.3 Å². The predicted octanol–water partition coefficient (Wildman–Crippen LogP) is -0.205. The molecule has 120 valence electrons. The molecule has 8 nitrogen and oxygen atoms in total. The minimum absolute atomic E-state index is 0.199. The maximum absolute atomic E-state index is 12.6. The number of hydrogen-bond acceptors (Lipinski definition) is 4. The Bertz CT molecular complexity index is 686. The normalized spacial score (nSPS) is 23.6. The fourth-order valence-corrected chi connectivity index (χ4v) is 3.03. The van der Waals surface area contributed by atoms with E-state index in [4.69, 9.17) is 0 Å². The van der Waals surface area contributed by atoms with Crippen LogP contribution in [0.1, 0.15) is 23.6 Å². The average molecular weight is 317 g/mol. The van der Waals surface area contributed by atoms with Gasteiger partial charge in [-0.05, 0) is 17.5 Å². The van der Waals surface area contributed by atoms with E-state index < -0.39 is 35.9 Å². The maximum Gasteiger partial charge on any atom is 0.331 e. The lowest BCUT2D eigenvalue weighted by Crippen LogP contribution is -2.59. The fourth-order valence-electron chi connectivity index (χ4n) is 3.03. The van der Waals surface area contributed by atoms with E-state index in [1.807, 2.05) is 17.4 Å². The lowest BCUT2D eigenvalue weighted by Gasteiger charge is -2.37. The molecule has 2 heterocycles. The van der Waals surface area contributed by atoms with Crippen molar-refractivity contribution in [1.82, 2.24) is 15.5 Å². The molecule has 3 N–H and O–H groups in total. The smallest absolute Gasteiger partial charge is 0.331 e. The second-order valence-corrected chi connectivity index (χ2v) is 5.50. The minimum atomic E-state index is -1.14. The van der Waals surface area contributed by atoms with Gasteiger partial charge >= 0.3 is 12.0 Å². The molecule has 2 aliphatic heterocycles. The molecule has 3 rings (SSSR count). The van der Waals surface area contributed by atoms with Crippen molar-refractivity contribution in [2.45, 2.75) is 24.9 Å². The van der Waals surface area contributed by atoms with E-state index in [2.05, 4.69) is 5.32 Å². The number of carbonyl (C=O) groups excluding carboxylic acids is 3. The predicted molar refractivity (Wildman–Crippen MR) is 77.3 cm³/mol. The fraction of sp³-hybridized carbons (Fsp3) is 0.333. The van der Waals surface area contributed by atoms with Gasteiger partial charge in [0.1, 0.15) is 6.04 Å². The van der Waals surface area contributed by atoms with Crippen LogP contribution in [0.3, 0.4) is 0 Å². The third-order valence-corrected chi connectivity index (χ3v) is 4.05. The second-order valence-electron chi connectivity index (χ2n) is 5.50. The highest BCUT2D eigenvalue weighted by Gasteiger charge is 2.40. The van der Waals surface area contributed by atoms with Crippen LogP contribution in [0.4, 0.5) is 4.79 Å². The van der Waals surface area contributed by atoms with Crippen LogP contribution in [0.5, 0.6) is 0 Å². The molecule has 0 radical (unpaired) electrons. The number of imide groups is 1. The first-order valence-electron chi connectivity index (χ1n) is 7.19. The van der Waals surface area contributed by atoms with Crippen LogP contribution in [0.15, 0.2) is 24.3 Å². The first-order chi connectivity index (χ1) is 11.0. The van der Waals surface area contributed by atoms with Crippen LogP contribution in [0.2, 0.25) is 0 Å². The van der Waals surface area contributed by atoms with Crippen LogP contribution in [0.25, 0.3) is 0 Å². The molecule has 1 aromatic rings. The number of amides is 4. The number of urea groups is 1. The summed E-state index contributed by atoms with van der Waals surface area (Å²) in [5.41, 5.74) is 1.44. The number of hydrogen-bond donors (Lipinski definition) is 3. The zero-order valence-electron chi connectivity index (χ0n) is 12.1. The van der Waals surface area contributed by atoms with E-state index in [1.165, 1.54) is 4.90 Å². The molecule has 0 aliphatic carbocycles. The van der Waals surface area contributed by atoms with Crippen LogP contribution in [-0.4, -0.2) is 46.4 Å². The van der Waals surface area contributed by atoms with Crippen molar-refractivity contribution in [1.29, 1.82) is 0 Å².